The molecule has 2 heterocycles. The molecule has 2 N–H and O–H groups in total. The third-order valence-electron chi connectivity index (χ3n) is 4.86. The predicted octanol–water partition coefficient (Wildman–Crippen LogP) is 3.50. The molecular weight excluding hydrogens is 376 g/mol. The van der Waals surface area contributed by atoms with Gasteiger partial charge >= 0.3 is 0 Å². The smallest absolute Gasteiger partial charge is 0.242 e. The summed E-state index contributed by atoms with van der Waals surface area (Å²) in [7, 11) is 0. The lowest BCUT2D eigenvalue weighted by Crippen LogP contribution is -2.35. The molecular formula is C21H21ClN4O2. The summed E-state index contributed by atoms with van der Waals surface area (Å²) in [5.41, 5.74) is 2.71. The second-order valence-electron chi connectivity index (χ2n) is 6.78. The Kier molecular flexibility index (Phi) is 5.07. The van der Waals surface area contributed by atoms with Crippen LogP contribution < -0.4 is 0 Å². The number of aryl methyl sites for hydroxylation is 1. The van der Waals surface area contributed by atoms with Gasteiger partial charge in [0.25, 0.3) is 0 Å². The zero-order valence-corrected chi connectivity index (χ0v) is 16.3. The van der Waals surface area contributed by atoms with Gasteiger partial charge in [-0.05, 0) is 31.2 Å². The summed E-state index contributed by atoms with van der Waals surface area (Å²) in [6.45, 7) is 2.55. The molecule has 2 aromatic carbocycles. The van der Waals surface area contributed by atoms with E-state index in [-0.39, 0.29) is 25.6 Å². The van der Waals surface area contributed by atoms with Gasteiger partial charge in [-0.3, -0.25) is 4.79 Å². The first-order valence-corrected chi connectivity index (χ1v) is 9.50. The Bertz CT molecular complexity index is 1150. The molecule has 0 saturated heterocycles. The van der Waals surface area contributed by atoms with Crippen LogP contribution in [0.1, 0.15) is 11.5 Å². The van der Waals surface area contributed by atoms with Crippen molar-refractivity contribution in [1.82, 2.24) is 19.4 Å². The summed E-state index contributed by atoms with van der Waals surface area (Å²) in [5, 5.41) is 12.2. The standard InChI is InChI=1S/C21H21ClN4O2/c1-14-23-11-16(24-14)12-25(8-9-27)21(28)13-26-19-5-3-2-4-17(19)18-10-15(22)6-7-20(18)26/h2-7,10-11,27H,8-9,12-13H2,1H3,(H,23,24). The van der Waals surface area contributed by atoms with Gasteiger partial charge in [0.15, 0.2) is 0 Å². The van der Waals surface area contributed by atoms with Crippen LogP contribution in [0.2, 0.25) is 5.02 Å². The van der Waals surface area contributed by atoms with E-state index in [9.17, 15) is 9.90 Å². The molecule has 2 aromatic heterocycles. The van der Waals surface area contributed by atoms with E-state index in [0.717, 1.165) is 33.3 Å². The predicted molar refractivity (Wildman–Crippen MR) is 110 cm³/mol. The largest absolute Gasteiger partial charge is 0.395 e. The number of rotatable bonds is 6. The van der Waals surface area contributed by atoms with Gasteiger partial charge in [0.1, 0.15) is 12.4 Å². The van der Waals surface area contributed by atoms with Crippen LogP contribution in [0, 0.1) is 6.92 Å². The molecule has 7 heteroatoms. The van der Waals surface area contributed by atoms with Crippen molar-refractivity contribution in [2.75, 3.05) is 13.2 Å². The summed E-state index contributed by atoms with van der Waals surface area (Å²) >= 11 is 6.20. The van der Waals surface area contributed by atoms with Gasteiger partial charge < -0.3 is 19.6 Å². The number of hydrogen-bond acceptors (Lipinski definition) is 3. The number of aliphatic hydroxyl groups is 1. The number of fused-ring (bicyclic) bond motifs is 3. The highest BCUT2D eigenvalue weighted by molar-refractivity contribution is 6.31. The molecule has 4 rings (SSSR count). The summed E-state index contributed by atoms with van der Waals surface area (Å²) in [6.07, 6.45) is 1.79. The van der Waals surface area contributed by atoms with Crippen molar-refractivity contribution >= 4 is 39.3 Å². The molecule has 1 amide bonds. The van der Waals surface area contributed by atoms with Gasteiger partial charge in [0, 0.05) is 39.6 Å². The Labute approximate surface area is 167 Å². The molecule has 0 aliphatic rings. The van der Waals surface area contributed by atoms with Gasteiger partial charge in [-0.15, -0.1) is 0 Å². The molecule has 0 aliphatic carbocycles. The van der Waals surface area contributed by atoms with Crippen LogP contribution in [-0.2, 0) is 17.9 Å². The Morgan fingerprint density at radius 2 is 2.00 bits per heavy atom. The Morgan fingerprint density at radius 1 is 1.21 bits per heavy atom. The van der Waals surface area contributed by atoms with Crippen molar-refractivity contribution < 1.29 is 9.90 Å². The number of carbonyl (C=O) groups excluding carboxylic acids is 1. The Balaban J connectivity index is 1.70. The molecule has 0 atom stereocenters. The molecule has 0 fully saturated rings. The fourth-order valence-electron chi connectivity index (χ4n) is 3.59. The van der Waals surface area contributed by atoms with Gasteiger partial charge in [-0.2, -0.15) is 0 Å². The highest BCUT2D eigenvalue weighted by Crippen LogP contribution is 2.31. The number of para-hydroxylation sites is 1. The first-order chi connectivity index (χ1) is 13.6. The molecule has 144 valence electrons. The van der Waals surface area contributed by atoms with Crippen LogP contribution in [0.25, 0.3) is 21.8 Å². The zero-order chi connectivity index (χ0) is 19.7. The molecule has 0 saturated carbocycles. The van der Waals surface area contributed by atoms with E-state index < -0.39 is 0 Å². The second-order valence-corrected chi connectivity index (χ2v) is 7.22. The molecule has 4 aromatic rings. The third kappa shape index (κ3) is 3.48. The molecule has 0 aliphatic heterocycles. The average molecular weight is 397 g/mol. The van der Waals surface area contributed by atoms with E-state index in [0.29, 0.717) is 11.6 Å². The second kappa shape index (κ2) is 7.66. The van der Waals surface area contributed by atoms with Crippen molar-refractivity contribution in [3.05, 3.63) is 65.2 Å². The monoisotopic (exact) mass is 396 g/mol. The summed E-state index contributed by atoms with van der Waals surface area (Å²) < 4.78 is 2.00. The summed E-state index contributed by atoms with van der Waals surface area (Å²) in [4.78, 5) is 22.1. The highest BCUT2D eigenvalue weighted by Gasteiger charge is 2.19. The van der Waals surface area contributed by atoms with Gasteiger partial charge in [0.2, 0.25) is 5.91 Å². The van der Waals surface area contributed by atoms with Crippen LogP contribution >= 0.6 is 11.6 Å². The fourth-order valence-corrected chi connectivity index (χ4v) is 3.76. The fraction of sp³-hybridized carbons (Fsp3) is 0.238. The van der Waals surface area contributed by atoms with Crippen LogP contribution in [0.3, 0.4) is 0 Å². The molecule has 28 heavy (non-hydrogen) atoms. The zero-order valence-electron chi connectivity index (χ0n) is 15.5. The number of hydrogen-bond donors (Lipinski definition) is 2. The lowest BCUT2D eigenvalue weighted by Gasteiger charge is -2.21. The number of nitrogens with zero attached hydrogens (tertiary/aromatic N) is 3. The van der Waals surface area contributed by atoms with Gasteiger partial charge in [-0.1, -0.05) is 29.8 Å². The number of aliphatic hydroxyl groups excluding tert-OH is 1. The Morgan fingerprint density at radius 3 is 2.75 bits per heavy atom. The number of benzene rings is 2. The van der Waals surface area contributed by atoms with Crippen LogP contribution in [0.15, 0.2) is 48.7 Å². The maximum absolute atomic E-state index is 13.1. The number of H-pyrrole nitrogens is 1. The van der Waals surface area contributed by atoms with Crippen LogP contribution in [-0.4, -0.2) is 43.6 Å². The number of aromatic nitrogens is 3. The van der Waals surface area contributed by atoms with Gasteiger partial charge in [-0.25, -0.2) is 4.98 Å². The minimum absolute atomic E-state index is 0.0766. The lowest BCUT2D eigenvalue weighted by atomic mass is 10.2. The van der Waals surface area contributed by atoms with Crippen LogP contribution in [0.5, 0.6) is 0 Å². The lowest BCUT2D eigenvalue weighted by molar-refractivity contribution is -0.132. The van der Waals surface area contributed by atoms with Crippen molar-refractivity contribution in [2.24, 2.45) is 0 Å². The van der Waals surface area contributed by atoms with E-state index in [1.54, 1.807) is 11.1 Å². The maximum Gasteiger partial charge on any atom is 0.242 e. The number of nitrogens with one attached hydrogen (secondary N) is 1. The van der Waals surface area contributed by atoms with E-state index in [1.165, 1.54) is 0 Å². The van der Waals surface area contributed by atoms with Gasteiger partial charge in [0.05, 0.1) is 18.8 Å². The molecule has 6 nitrogen and oxygen atoms in total. The number of amides is 1. The third-order valence-corrected chi connectivity index (χ3v) is 5.10. The van der Waals surface area contributed by atoms with Crippen molar-refractivity contribution in [1.29, 1.82) is 0 Å². The topological polar surface area (TPSA) is 74.2 Å². The van der Waals surface area contributed by atoms with E-state index >= 15 is 0 Å². The molecule has 0 radical (unpaired) electrons. The minimum atomic E-state index is -0.0993. The van der Waals surface area contributed by atoms with Crippen molar-refractivity contribution in [3.63, 3.8) is 0 Å². The quantitative estimate of drug-likeness (QED) is 0.523. The first-order valence-electron chi connectivity index (χ1n) is 9.13. The van der Waals surface area contributed by atoms with E-state index in [2.05, 4.69) is 9.97 Å². The molecule has 0 bridgehead atoms. The van der Waals surface area contributed by atoms with Crippen molar-refractivity contribution in [3.8, 4) is 0 Å². The van der Waals surface area contributed by atoms with E-state index in [4.69, 9.17) is 11.6 Å². The normalized spacial score (nSPS) is 11.4. The highest BCUT2D eigenvalue weighted by atomic mass is 35.5. The number of imidazole rings is 1. The van der Waals surface area contributed by atoms with Crippen LogP contribution in [0.4, 0.5) is 0 Å². The van der Waals surface area contributed by atoms with E-state index in [1.807, 2.05) is 54.0 Å². The maximum atomic E-state index is 13.1. The molecule has 0 spiro atoms. The number of halogens is 1. The van der Waals surface area contributed by atoms with Crippen molar-refractivity contribution in [2.45, 2.75) is 20.0 Å². The molecule has 0 unspecified atom stereocenters. The summed E-state index contributed by atoms with van der Waals surface area (Å²) in [5.74, 6) is 0.720. The summed E-state index contributed by atoms with van der Waals surface area (Å²) in [6, 6.07) is 13.7. The Hall–Kier alpha value is -2.83. The average Bonchev–Trinajstić information content (AvgIpc) is 3.23. The SMILES string of the molecule is Cc1nc(CN(CCO)C(=O)Cn2c3ccccc3c3cc(Cl)ccc32)c[nH]1. The number of carbonyl (C=O) groups is 1. The minimum Gasteiger partial charge on any atom is -0.395 e. The first kappa shape index (κ1) is 18.5. The number of aromatic amines is 1.